The third-order valence-corrected chi connectivity index (χ3v) is 4.15. The number of nitrogens with one attached hydrogen (secondary N) is 1. The molecule has 0 aliphatic rings. The van der Waals surface area contributed by atoms with Crippen molar-refractivity contribution in [2.75, 3.05) is 14.1 Å². The molecule has 0 saturated heterocycles. The van der Waals surface area contributed by atoms with Crippen LogP contribution < -0.4 is 5.32 Å². The van der Waals surface area contributed by atoms with Crippen LogP contribution in [0.2, 0.25) is 5.02 Å². The van der Waals surface area contributed by atoms with Crippen molar-refractivity contribution in [3.05, 3.63) is 34.9 Å². The van der Waals surface area contributed by atoms with Gasteiger partial charge in [-0.15, -0.1) is 0 Å². The number of carbonyl (C=O) groups is 1. The van der Waals surface area contributed by atoms with E-state index >= 15 is 0 Å². The van der Waals surface area contributed by atoms with E-state index in [9.17, 15) is 10.1 Å². The Kier molecular flexibility index (Phi) is 8.89. The van der Waals surface area contributed by atoms with Crippen LogP contribution in [0, 0.1) is 16.7 Å². The molecule has 128 valence electrons. The van der Waals surface area contributed by atoms with Crippen molar-refractivity contribution in [2.24, 2.45) is 5.41 Å². The van der Waals surface area contributed by atoms with E-state index in [1.165, 1.54) is 0 Å². The molecule has 1 atom stereocenters. The van der Waals surface area contributed by atoms with Gasteiger partial charge in [-0.1, -0.05) is 50.9 Å². The maximum absolute atomic E-state index is 11.1. The van der Waals surface area contributed by atoms with Crippen LogP contribution in [0.25, 0.3) is 0 Å². The van der Waals surface area contributed by atoms with Crippen molar-refractivity contribution in [1.29, 1.82) is 5.26 Å². The summed E-state index contributed by atoms with van der Waals surface area (Å²) in [7, 11) is 3.75. The van der Waals surface area contributed by atoms with Gasteiger partial charge in [-0.3, -0.25) is 4.79 Å². The maximum Gasteiger partial charge on any atom is 0.303 e. The summed E-state index contributed by atoms with van der Waals surface area (Å²) in [5.74, 6) is -0.889. The fraction of sp³-hybridized carbons (Fsp3) is 0.556. The number of nitriles is 1. The summed E-state index contributed by atoms with van der Waals surface area (Å²) >= 11 is 5.90. The Morgan fingerprint density at radius 3 is 2.13 bits per heavy atom. The number of hydrogen-bond donors (Lipinski definition) is 2. The number of aliphatic carboxylic acids is 1. The molecule has 1 rings (SSSR count). The van der Waals surface area contributed by atoms with Gasteiger partial charge in [0.05, 0.1) is 17.9 Å². The SMILES string of the molecule is CCCC(C#N)(c1ccc(Cl)cc1)C(C)(C)CC(=O)O.CNC. The Bertz CT molecular complexity index is 535. The zero-order chi connectivity index (χ0) is 18.1. The fourth-order valence-electron chi connectivity index (χ4n) is 2.78. The first-order valence-electron chi connectivity index (χ1n) is 7.68. The standard InChI is InChI=1S/C16H20ClNO2.C2H7N/c1-4-9-16(11-18,15(2,3)10-14(19)20)12-5-7-13(17)8-6-12;1-3-2/h5-8H,4,9-10H2,1-3H3,(H,19,20);3H,1-2H3. The van der Waals surface area contributed by atoms with Crippen molar-refractivity contribution in [3.8, 4) is 6.07 Å². The second-order valence-electron chi connectivity index (χ2n) is 6.23. The molecule has 0 amide bonds. The number of carboxylic acid groups (broad SMARTS) is 1. The molecule has 1 unspecified atom stereocenters. The van der Waals surface area contributed by atoms with E-state index in [4.69, 9.17) is 16.7 Å². The minimum Gasteiger partial charge on any atom is -0.481 e. The molecule has 0 heterocycles. The van der Waals surface area contributed by atoms with Gasteiger partial charge in [-0.2, -0.15) is 5.26 Å². The smallest absolute Gasteiger partial charge is 0.303 e. The van der Waals surface area contributed by atoms with E-state index in [1.54, 1.807) is 12.1 Å². The lowest BCUT2D eigenvalue weighted by Gasteiger charge is -2.41. The molecule has 0 radical (unpaired) electrons. The molecule has 0 aliphatic carbocycles. The molecule has 0 spiro atoms. The van der Waals surface area contributed by atoms with Gasteiger partial charge in [0.1, 0.15) is 0 Å². The molecule has 5 heteroatoms. The van der Waals surface area contributed by atoms with Gasteiger partial charge in [0.25, 0.3) is 0 Å². The van der Waals surface area contributed by atoms with Crippen molar-refractivity contribution in [1.82, 2.24) is 5.32 Å². The Hall–Kier alpha value is -1.57. The van der Waals surface area contributed by atoms with E-state index in [0.29, 0.717) is 11.4 Å². The van der Waals surface area contributed by atoms with Crippen LogP contribution in [-0.4, -0.2) is 25.2 Å². The maximum atomic E-state index is 11.1. The number of benzene rings is 1. The Balaban J connectivity index is 0.00000149. The number of hydrogen-bond acceptors (Lipinski definition) is 3. The zero-order valence-corrected chi connectivity index (χ0v) is 15.4. The van der Waals surface area contributed by atoms with Crippen molar-refractivity contribution in [3.63, 3.8) is 0 Å². The van der Waals surface area contributed by atoms with Gasteiger partial charge < -0.3 is 10.4 Å². The molecule has 4 nitrogen and oxygen atoms in total. The molecule has 1 aromatic carbocycles. The largest absolute Gasteiger partial charge is 0.481 e. The lowest BCUT2D eigenvalue weighted by Crippen LogP contribution is -2.42. The average Bonchev–Trinajstić information content (AvgIpc) is 2.45. The quantitative estimate of drug-likeness (QED) is 0.813. The Morgan fingerprint density at radius 1 is 1.30 bits per heavy atom. The highest BCUT2D eigenvalue weighted by Gasteiger charge is 2.47. The summed E-state index contributed by atoms with van der Waals surface area (Å²) in [4.78, 5) is 11.1. The Labute approximate surface area is 144 Å². The molecule has 0 aliphatic heterocycles. The highest BCUT2D eigenvalue weighted by molar-refractivity contribution is 6.30. The average molecular weight is 339 g/mol. The van der Waals surface area contributed by atoms with Gasteiger partial charge in [0, 0.05) is 5.02 Å². The summed E-state index contributed by atoms with van der Waals surface area (Å²) in [6.07, 6.45) is 1.37. The first-order valence-corrected chi connectivity index (χ1v) is 8.06. The van der Waals surface area contributed by atoms with E-state index in [0.717, 1.165) is 12.0 Å². The van der Waals surface area contributed by atoms with Crippen LogP contribution in [0.4, 0.5) is 0 Å². The molecule has 0 fully saturated rings. The first kappa shape index (κ1) is 21.4. The molecule has 2 N–H and O–H groups in total. The van der Waals surface area contributed by atoms with Gasteiger partial charge in [0.2, 0.25) is 0 Å². The lowest BCUT2D eigenvalue weighted by molar-refractivity contribution is -0.140. The van der Waals surface area contributed by atoms with E-state index in [2.05, 4.69) is 11.4 Å². The molecule has 23 heavy (non-hydrogen) atoms. The van der Waals surface area contributed by atoms with E-state index < -0.39 is 16.8 Å². The van der Waals surface area contributed by atoms with Crippen LogP contribution >= 0.6 is 11.6 Å². The monoisotopic (exact) mass is 338 g/mol. The van der Waals surface area contributed by atoms with E-state index in [1.807, 2.05) is 47.0 Å². The number of halogens is 1. The number of rotatable bonds is 6. The highest BCUT2D eigenvalue weighted by atomic mass is 35.5. The van der Waals surface area contributed by atoms with Crippen LogP contribution in [0.3, 0.4) is 0 Å². The predicted octanol–water partition coefficient (Wildman–Crippen LogP) is 4.24. The van der Waals surface area contributed by atoms with Gasteiger partial charge in [0.15, 0.2) is 0 Å². The van der Waals surface area contributed by atoms with Crippen LogP contribution in [0.15, 0.2) is 24.3 Å². The molecule has 0 bridgehead atoms. The highest BCUT2D eigenvalue weighted by Crippen LogP contribution is 2.47. The van der Waals surface area contributed by atoms with Gasteiger partial charge >= 0.3 is 5.97 Å². The molecular weight excluding hydrogens is 312 g/mol. The van der Waals surface area contributed by atoms with Gasteiger partial charge in [-0.25, -0.2) is 0 Å². The van der Waals surface area contributed by atoms with Gasteiger partial charge in [-0.05, 0) is 43.6 Å². The summed E-state index contributed by atoms with van der Waals surface area (Å²) in [6.45, 7) is 5.68. The fourth-order valence-corrected chi connectivity index (χ4v) is 2.91. The van der Waals surface area contributed by atoms with Crippen molar-refractivity contribution in [2.45, 2.75) is 45.4 Å². The summed E-state index contributed by atoms with van der Waals surface area (Å²) in [6, 6.07) is 9.53. The summed E-state index contributed by atoms with van der Waals surface area (Å²) in [5.41, 5.74) is -0.667. The predicted molar refractivity (Wildman–Crippen MR) is 94.7 cm³/mol. The molecule has 1 aromatic rings. The molecule has 0 saturated carbocycles. The molecular formula is C18H27ClN2O2. The summed E-state index contributed by atoms with van der Waals surface area (Å²) in [5, 5.41) is 22.3. The summed E-state index contributed by atoms with van der Waals surface area (Å²) < 4.78 is 0. The van der Waals surface area contributed by atoms with Crippen molar-refractivity contribution < 1.29 is 9.90 Å². The lowest BCUT2D eigenvalue weighted by atomic mass is 9.59. The minimum atomic E-state index is -0.889. The third kappa shape index (κ3) is 5.53. The second kappa shape index (κ2) is 9.54. The zero-order valence-electron chi connectivity index (χ0n) is 14.6. The number of carboxylic acids is 1. The van der Waals surface area contributed by atoms with Crippen molar-refractivity contribution >= 4 is 17.6 Å². The first-order chi connectivity index (χ1) is 10.7. The van der Waals surface area contributed by atoms with Crippen LogP contribution in [0.5, 0.6) is 0 Å². The molecule has 0 aromatic heterocycles. The number of nitrogens with zero attached hydrogens (tertiary/aromatic N) is 1. The van der Waals surface area contributed by atoms with Crippen LogP contribution in [0.1, 0.15) is 45.6 Å². The Morgan fingerprint density at radius 2 is 1.78 bits per heavy atom. The second-order valence-corrected chi connectivity index (χ2v) is 6.66. The third-order valence-electron chi connectivity index (χ3n) is 3.90. The topological polar surface area (TPSA) is 73.1 Å². The normalized spacial score (nSPS) is 13.3. The van der Waals surface area contributed by atoms with Crippen LogP contribution in [-0.2, 0) is 10.2 Å². The minimum absolute atomic E-state index is 0.0524. The van der Waals surface area contributed by atoms with E-state index in [-0.39, 0.29) is 6.42 Å².